The largest absolute Gasteiger partial charge is 0.314 e. The molecule has 0 bridgehead atoms. The van der Waals surface area contributed by atoms with Gasteiger partial charge in [-0.2, -0.15) is 5.10 Å². The van der Waals surface area contributed by atoms with Crippen LogP contribution in [0.15, 0.2) is 33.2 Å². The minimum Gasteiger partial charge on any atom is -0.314 e. The zero-order valence-corrected chi connectivity index (χ0v) is 15.8. The van der Waals surface area contributed by atoms with Gasteiger partial charge in [0.2, 0.25) is 0 Å². The fourth-order valence-electron chi connectivity index (χ4n) is 2.55. The summed E-state index contributed by atoms with van der Waals surface area (Å²) < 4.78 is 4.23. The Hall–Kier alpha value is -0.650. The predicted octanol–water partition coefficient (Wildman–Crippen LogP) is 4.02. The molecule has 0 aliphatic rings. The van der Waals surface area contributed by atoms with Gasteiger partial charge in [0.15, 0.2) is 0 Å². The Morgan fingerprint density at radius 2 is 1.86 bits per heavy atom. The van der Waals surface area contributed by atoms with Crippen molar-refractivity contribution in [3.8, 4) is 0 Å². The molecular formula is C16H21Br2N3. The van der Waals surface area contributed by atoms with E-state index in [0.29, 0.717) is 6.04 Å². The van der Waals surface area contributed by atoms with Crippen molar-refractivity contribution in [2.45, 2.75) is 32.7 Å². The van der Waals surface area contributed by atoms with E-state index in [9.17, 15) is 0 Å². The van der Waals surface area contributed by atoms with Crippen LogP contribution in [0.5, 0.6) is 0 Å². The van der Waals surface area contributed by atoms with Crippen LogP contribution in [-0.2, 0) is 19.9 Å². The number of aromatic nitrogens is 2. The smallest absolute Gasteiger partial charge is 0.0738 e. The van der Waals surface area contributed by atoms with Gasteiger partial charge < -0.3 is 5.32 Å². The van der Waals surface area contributed by atoms with Crippen molar-refractivity contribution in [3.63, 3.8) is 0 Å². The number of hydrogen-bond acceptors (Lipinski definition) is 2. The van der Waals surface area contributed by atoms with E-state index < -0.39 is 0 Å². The Balaban J connectivity index is 2.13. The number of halogens is 2. The molecule has 0 saturated carbocycles. The maximum Gasteiger partial charge on any atom is 0.0738 e. The van der Waals surface area contributed by atoms with Gasteiger partial charge in [0.25, 0.3) is 0 Å². The van der Waals surface area contributed by atoms with E-state index in [4.69, 9.17) is 0 Å². The van der Waals surface area contributed by atoms with Crippen molar-refractivity contribution in [3.05, 3.63) is 50.2 Å². The molecule has 0 spiro atoms. The average Bonchev–Trinajstić information content (AvgIpc) is 2.68. The van der Waals surface area contributed by atoms with E-state index in [-0.39, 0.29) is 0 Å². The van der Waals surface area contributed by atoms with Gasteiger partial charge in [-0.05, 0) is 53.5 Å². The number of rotatable bonds is 6. The molecule has 0 amide bonds. The second-order valence-corrected chi connectivity index (χ2v) is 6.97. The number of benzene rings is 1. The lowest BCUT2D eigenvalue weighted by atomic mass is 10.0. The zero-order chi connectivity index (χ0) is 15.4. The van der Waals surface area contributed by atoms with Gasteiger partial charge in [0.05, 0.1) is 15.9 Å². The first-order valence-electron chi connectivity index (χ1n) is 7.17. The summed E-state index contributed by atoms with van der Waals surface area (Å²) in [6.07, 6.45) is 1.97. The average molecular weight is 415 g/mol. The molecule has 1 unspecified atom stereocenters. The Morgan fingerprint density at radius 3 is 2.38 bits per heavy atom. The molecule has 1 aromatic heterocycles. The van der Waals surface area contributed by atoms with Crippen LogP contribution in [0, 0.1) is 6.92 Å². The number of nitrogens with one attached hydrogen (secondary N) is 1. The Kier molecular flexibility index (Phi) is 6.02. The molecule has 0 saturated heterocycles. The Labute approximate surface area is 143 Å². The molecule has 0 aliphatic heterocycles. The summed E-state index contributed by atoms with van der Waals surface area (Å²) in [6.45, 7) is 5.15. The number of likely N-dealkylation sites (N-methyl/N-ethyl adjacent to an activating group) is 1. The maximum absolute atomic E-state index is 4.48. The van der Waals surface area contributed by atoms with Crippen LogP contribution in [-0.4, -0.2) is 22.4 Å². The first kappa shape index (κ1) is 16.7. The molecule has 1 aromatic carbocycles. The summed E-state index contributed by atoms with van der Waals surface area (Å²) >= 11 is 7.14. The lowest BCUT2D eigenvalue weighted by molar-refractivity contribution is 0.504. The van der Waals surface area contributed by atoms with E-state index in [0.717, 1.165) is 34.0 Å². The molecule has 1 atom stereocenters. The summed E-state index contributed by atoms with van der Waals surface area (Å²) in [4.78, 5) is 0. The third-order valence-electron chi connectivity index (χ3n) is 3.59. The summed E-state index contributed by atoms with van der Waals surface area (Å²) in [5.74, 6) is 0. The minimum absolute atomic E-state index is 0.405. The normalized spacial score (nSPS) is 12.6. The molecule has 1 N–H and O–H groups in total. The van der Waals surface area contributed by atoms with E-state index in [1.165, 1.54) is 11.3 Å². The molecule has 0 fully saturated rings. The standard InChI is InChI=1S/C16H21Br2N3/c1-4-19-14(9-12-5-7-13(17)8-6-12)10-15-16(18)11(2)20-21(15)3/h5-8,14,19H,4,9-10H2,1-3H3. The van der Waals surface area contributed by atoms with Crippen LogP contribution in [0.2, 0.25) is 0 Å². The maximum atomic E-state index is 4.48. The van der Waals surface area contributed by atoms with Gasteiger partial charge in [-0.1, -0.05) is 35.0 Å². The summed E-state index contributed by atoms with van der Waals surface area (Å²) in [5.41, 5.74) is 3.64. The minimum atomic E-state index is 0.405. The van der Waals surface area contributed by atoms with Crippen LogP contribution >= 0.6 is 31.9 Å². The molecule has 5 heteroatoms. The van der Waals surface area contributed by atoms with Crippen LogP contribution in [0.25, 0.3) is 0 Å². The molecule has 0 radical (unpaired) electrons. The van der Waals surface area contributed by atoms with Crippen molar-refractivity contribution in [1.82, 2.24) is 15.1 Å². The first-order chi connectivity index (χ1) is 10.0. The van der Waals surface area contributed by atoms with Crippen molar-refractivity contribution >= 4 is 31.9 Å². The molecule has 1 heterocycles. The number of aryl methyl sites for hydroxylation is 2. The lowest BCUT2D eigenvalue weighted by Gasteiger charge is -2.18. The van der Waals surface area contributed by atoms with Crippen molar-refractivity contribution in [1.29, 1.82) is 0 Å². The van der Waals surface area contributed by atoms with E-state index in [2.05, 4.69) is 73.5 Å². The number of nitrogens with zero attached hydrogens (tertiary/aromatic N) is 2. The summed E-state index contributed by atoms with van der Waals surface area (Å²) in [5, 5.41) is 8.06. The van der Waals surface area contributed by atoms with Gasteiger partial charge >= 0.3 is 0 Å². The van der Waals surface area contributed by atoms with Crippen molar-refractivity contribution < 1.29 is 0 Å². The molecule has 2 rings (SSSR count). The van der Waals surface area contributed by atoms with Gasteiger partial charge in [-0.25, -0.2) is 0 Å². The van der Waals surface area contributed by atoms with E-state index in [1.54, 1.807) is 0 Å². The zero-order valence-electron chi connectivity index (χ0n) is 12.7. The quantitative estimate of drug-likeness (QED) is 0.773. The highest BCUT2D eigenvalue weighted by molar-refractivity contribution is 9.10. The summed E-state index contributed by atoms with van der Waals surface area (Å²) in [7, 11) is 2.01. The topological polar surface area (TPSA) is 29.9 Å². The van der Waals surface area contributed by atoms with Gasteiger partial charge in [0, 0.05) is 24.0 Å². The third-order valence-corrected chi connectivity index (χ3v) is 5.15. The van der Waals surface area contributed by atoms with E-state index in [1.807, 2.05) is 18.7 Å². The molecule has 0 aliphatic carbocycles. The van der Waals surface area contributed by atoms with Gasteiger partial charge in [-0.15, -0.1) is 0 Å². The Morgan fingerprint density at radius 1 is 1.19 bits per heavy atom. The predicted molar refractivity (Wildman–Crippen MR) is 94.7 cm³/mol. The van der Waals surface area contributed by atoms with Crippen LogP contribution < -0.4 is 5.32 Å². The fraction of sp³-hybridized carbons (Fsp3) is 0.438. The SMILES string of the molecule is CCNC(Cc1ccc(Br)cc1)Cc1c(Br)c(C)nn1C. The third kappa shape index (κ3) is 4.41. The van der Waals surface area contributed by atoms with Crippen molar-refractivity contribution in [2.24, 2.45) is 7.05 Å². The highest BCUT2D eigenvalue weighted by Gasteiger charge is 2.16. The highest BCUT2D eigenvalue weighted by atomic mass is 79.9. The molecule has 21 heavy (non-hydrogen) atoms. The molecule has 3 nitrogen and oxygen atoms in total. The molecular weight excluding hydrogens is 394 g/mol. The fourth-order valence-corrected chi connectivity index (χ4v) is 3.31. The summed E-state index contributed by atoms with van der Waals surface area (Å²) in [6, 6.07) is 8.96. The first-order valence-corrected chi connectivity index (χ1v) is 8.75. The highest BCUT2D eigenvalue weighted by Crippen LogP contribution is 2.22. The monoisotopic (exact) mass is 413 g/mol. The number of hydrogen-bond donors (Lipinski definition) is 1. The van der Waals surface area contributed by atoms with Crippen molar-refractivity contribution in [2.75, 3.05) is 6.54 Å². The van der Waals surface area contributed by atoms with E-state index >= 15 is 0 Å². The van der Waals surface area contributed by atoms with Gasteiger partial charge in [0.1, 0.15) is 0 Å². The second kappa shape index (κ2) is 7.56. The van der Waals surface area contributed by atoms with Crippen LogP contribution in [0.3, 0.4) is 0 Å². The second-order valence-electron chi connectivity index (χ2n) is 5.26. The molecule has 114 valence electrons. The van der Waals surface area contributed by atoms with Crippen LogP contribution in [0.4, 0.5) is 0 Å². The lowest BCUT2D eigenvalue weighted by Crippen LogP contribution is -2.33. The van der Waals surface area contributed by atoms with Gasteiger partial charge in [-0.3, -0.25) is 4.68 Å². The van der Waals surface area contributed by atoms with Crippen LogP contribution in [0.1, 0.15) is 23.9 Å². The molecule has 2 aromatic rings. The Bertz CT molecular complexity index is 590.